The molecule has 5 saturated carbocycles. The SMILES string of the molecule is CCN1C[C@]2(COC)CC[C@H](O)[C@@]34[C@@H]5C[C@H]6[C@H](OC(C)=O)[C@@H]5[C@](OC)(C[C@@H]6OC)[C@](O)([C@H](O)[C@H]23)[C@@H]14. The summed E-state index contributed by atoms with van der Waals surface area (Å²) in [7, 11) is 4.93. The van der Waals surface area contributed by atoms with Crippen LogP contribution >= 0.6 is 0 Å². The Morgan fingerprint density at radius 2 is 1.94 bits per heavy atom. The van der Waals surface area contributed by atoms with Gasteiger partial charge in [0.2, 0.25) is 0 Å². The maximum absolute atomic E-state index is 13.0. The van der Waals surface area contributed by atoms with E-state index in [-0.39, 0.29) is 35.7 Å². The van der Waals surface area contributed by atoms with Crippen molar-refractivity contribution in [3.8, 4) is 0 Å². The van der Waals surface area contributed by atoms with Gasteiger partial charge in [-0.1, -0.05) is 6.92 Å². The van der Waals surface area contributed by atoms with Crippen molar-refractivity contribution in [3.63, 3.8) is 0 Å². The predicted molar refractivity (Wildman–Crippen MR) is 123 cm³/mol. The summed E-state index contributed by atoms with van der Waals surface area (Å²) in [6.45, 7) is 5.31. The van der Waals surface area contributed by atoms with E-state index in [4.69, 9.17) is 18.9 Å². The van der Waals surface area contributed by atoms with Crippen LogP contribution in [0.3, 0.4) is 0 Å². The highest BCUT2D eigenvalue weighted by Gasteiger charge is 2.91. The fourth-order valence-corrected chi connectivity index (χ4v) is 11.1. The van der Waals surface area contributed by atoms with Crippen LogP contribution in [0.4, 0.5) is 0 Å². The van der Waals surface area contributed by atoms with Gasteiger partial charge in [-0.3, -0.25) is 9.69 Å². The van der Waals surface area contributed by atoms with Gasteiger partial charge < -0.3 is 34.3 Å². The van der Waals surface area contributed by atoms with Crippen molar-refractivity contribution in [3.05, 3.63) is 0 Å². The van der Waals surface area contributed by atoms with Crippen LogP contribution in [-0.2, 0) is 23.7 Å². The summed E-state index contributed by atoms with van der Waals surface area (Å²) in [4.78, 5) is 14.6. The number of aliphatic hydroxyl groups excluding tert-OH is 2. The second kappa shape index (κ2) is 7.62. The first kappa shape index (κ1) is 24.5. The molecule has 0 unspecified atom stereocenters. The first-order chi connectivity index (χ1) is 16.6. The molecule has 0 aromatic rings. The van der Waals surface area contributed by atoms with Crippen molar-refractivity contribution in [1.29, 1.82) is 0 Å². The third kappa shape index (κ3) is 2.43. The summed E-state index contributed by atoms with van der Waals surface area (Å²) in [5.74, 6) is -1.24. The Morgan fingerprint density at radius 1 is 1.20 bits per heavy atom. The molecule has 1 aliphatic heterocycles. The zero-order valence-electron chi connectivity index (χ0n) is 21.5. The summed E-state index contributed by atoms with van der Waals surface area (Å²) in [5, 5.41) is 37.2. The highest BCUT2D eigenvalue weighted by Crippen LogP contribution is 2.80. The second-order valence-electron chi connectivity index (χ2n) is 12.2. The van der Waals surface area contributed by atoms with Crippen molar-refractivity contribution in [2.75, 3.05) is 41.0 Å². The molecule has 13 atom stereocenters. The highest BCUT2D eigenvalue weighted by atomic mass is 16.6. The Kier molecular flexibility index (Phi) is 5.34. The Labute approximate surface area is 207 Å². The average Bonchev–Trinajstić information content (AvgIpc) is 3.19. The Bertz CT molecular complexity index is 903. The largest absolute Gasteiger partial charge is 0.462 e. The summed E-state index contributed by atoms with van der Waals surface area (Å²) in [6, 6.07) is -0.478. The maximum Gasteiger partial charge on any atom is 0.302 e. The number of rotatable bonds is 6. The lowest BCUT2D eigenvalue weighted by Crippen LogP contribution is -2.82. The van der Waals surface area contributed by atoms with E-state index in [0.29, 0.717) is 39.0 Å². The molecule has 0 aromatic carbocycles. The highest BCUT2D eigenvalue weighted by molar-refractivity contribution is 5.66. The van der Waals surface area contributed by atoms with Gasteiger partial charge in [-0.2, -0.15) is 0 Å². The number of likely N-dealkylation sites (tertiary alicyclic amines) is 1. The van der Waals surface area contributed by atoms with Crippen LogP contribution in [0.2, 0.25) is 0 Å². The van der Waals surface area contributed by atoms with Crippen molar-refractivity contribution in [2.24, 2.45) is 34.5 Å². The number of carbonyl (C=O) groups is 1. The van der Waals surface area contributed by atoms with Crippen LogP contribution in [0.1, 0.15) is 39.5 Å². The molecule has 0 aromatic heterocycles. The first-order valence-electron chi connectivity index (χ1n) is 13.2. The standard InChI is InChI=1S/C26H41NO8/c1-6-27-11-23(12-32-3)8-7-17(29)25-15-9-14-16(33-4)10-24(34-5,18(15)19(14)35-13(2)28)26(31,22(25)27)21(30)20(23)25/h14-22,29-31H,6-12H2,1-5H3/t14-,15-,16+,17+,18-,19+,20-,21-,22+,23+,24-,25+,26+/m1/s1. The Balaban J connectivity index is 1.65. The molecule has 1 heterocycles. The zero-order chi connectivity index (χ0) is 25.1. The number of aliphatic hydroxyl groups is 3. The lowest BCUT2D eigenvalue weighted by Gasteiger charge is -2.70. The number of piperidine rings is 1. The number of fused-ring (bicyclic) bond motifs is 2. The minimum absolute atomic E-state index is 0.0570. The van der Waals surface area contributed by atoms with Gasteiger partial charge in [0.05, 0.1) is 31.0 Å². The van der Waals surface area contributed by atoms with Gasteiger partial charge in [0.1, 0.15) is 17.3 Å². The van der Waals surface area contributed by atoms with Gasteiger partial charge in [-0.15, -0.1) is 0 Å². The molecule has 0 radical (unpaired) electrons. The molecule has 5 aliphatic carbocycles. The predicted octanol–water partition coefficient (Wildman–Crippen LogP) is 0.188. The number of carbonyl (C=O) groups excluding carboxylic acids is 1. The average molecular weight is 496 g/mol. The normalized spacial score (nSPS) is 57.9. The van der Waals surface area contributed by atoms with E-state index in [1.54, 1.807) is 21.3 Å². The number of methoxy groups -OCH3 is 3. The van der Waals surface area contributed by atoms with Gasteiger partial charge in [0.15, 0.2) is 0 Å². The molecule has 9 nitrogen and oxygen atoms in total. The van der Waals surface area contributed by atoms with Gasteiger partial charge >= 0.3 is 5.97 Å². The third-order valence-corrected chi connectivity index (χ3v) is 11.6. The quantitative estimate of drug-likeness (QED) is 0.444. The lowest BCUT2D eigenvalue weighted by atomic mass is 9.42. The van der Waals surface area contributed by atoms with Crippen molar-refractivity contribution in [1.82, 2.24) is 4.90 Å². The molecule has 35 heavy (non-hydrogen) atoms. The number of ether oxygens (including phenoxy) is 4. The van der Waals surface area contributed by atoms with Gasteiger partial charge in [-0.25, -0.2) is 0 Å². The fourth-order valence-electron chi connectivity index (χ4n) is 11.1. The van der Waals surface area contributed by atoms with Crippen molar-refractivity contribution >= 4 is 5.97 Å². The fraction of sp³-hybridized carbons (Fsp3) is 0.962. The van der Waals surface area contributed by atoms with Crippen LogP contribution in [0.25, 0.3) is 0 Å². The molecule has 1 spiro atoms. The molecule has 9 heteroatoms. The number of nitrogens with zero attached hydrogens (tertiary/aromatic N) is 1. The van der Waals surface area contributed by atoms with E-state index >= 15 is 0 Å². The van der Waals surface area contributed by atoms with E-state index < -0.39 is 46.4 Å². The van der Waals surface area contributed by atoms with E-state index in [1.165, 1.54) is 6.92 Å². The van der Waals surface area contributed by atoms with E-state index in [1.807, 2.05) is 0 Å². The summed E-state index contributed by atoms with van der Waals surface area (Å²) in [6.07, 6.45) is -0.207. The monoisotopic (exact) mass is 495 g/mol. The molecule has 0 amide bonds. The van der Waals surface area contributed by atoms with Crippen LogP contribution in [0, 0.1) is 34.5 Å². The van der Waals surface area contributed by atoms with Gasteiger partial charge in [-0.05, 0) is 31.7 Å². The molecule has 3 N–H and O–H groups in total. The van der Waals surface area contributed by atoms with Crippen molar-refractivity contribution < 1.29 is 39.1 Å². The number of esters is 1. The molecule has 6 fully saturated rings. The Hall–Kier alpha value is -0.810. The number of likely N-dealkylation sites (N-methyl/N-ethyl adjacent to an activating group) is 1. The van der Waals surface area contributed by atoms with Crippen LogP contribution < -0.4 is 0 Å². The van der Waals surface area contributed by atoms with Gasteiger partial charge in [0, 0.05) is 69.8 Å². The summed E-state index contributed by atoms with van der Waals surface area (Å²) in [5.41, 5.74) is -4.02. The topological polar surface area (TPSA) is 118 Å². The second-order valence-corrected chi connectivity index (χ2v) is 12.2. The number of hydrogen-bond donors (Lipinski definition) is 3. The maximum atomic E-state index is 13.0. The summed E-state index contributed by atoms with van der Waals surface area (Å²) >= 11 is 0. The van der Waals surface area contributed by atoms with E-state index in [0.717, 1.165) is 6.42 Å². The third-order valence-electron chi connectivity index (χ3n) is 11.6. The molecule has 1 saturated heterocycles. The number of hydrogen-bond acceptors (Lipinski definition) is 9. The molecule has 198 valence electrons. The first-order valence-corrected chi connectivity index (χ1v) is 13.2. The van der Waals surface area contributed by atoms with Crippen LogP contribution in [-0.4, -0.2) is 109 Å². The minimum Gasteiger partial charge on any atom is -0.462 e. The lowest BCUT2D eigenvalue weighted by molar-refractivity contribution is -0.324. The van der Waals surface area contributed by atoms with Gasteiger partial charge in [0.25, 0.3) is 0 Å². The molecular formula is C26H41NO8. The minimum atomic E-state index is -1.67. The molecule has 7 bridgehead atoms. The summed E-state index contributed by atoms with van der Waals surface area (Å²) < 4.78 is 24.1. The molecule has 6 aliphatic rings. The Morgan fingerprint density at radius 3 is 2.54 bits per heavy atom. The smallest absolute Gasteiger partial charge is 0.302 e. The van der Waals surface area contributed by atoms with Crippen LogP contribution in [0.5, 0.6) is 0 Å². The molecule has 6 rings (SSSR count). The van der Waals surface area contributed by atoms with E-state index in [9.17, 15) is 20.1 Å². The van der Waals surface area contributed by atoms with Crippen LogP contribution in [0.15, 0.2) is 0 Å². The molecular weight excluding hydrogens is 454 g/mol. The zero-order valence-corrected chi connectivity index (χ0v) is 21.5. The van der Waals surface area contributed by atoms with E-state index in [2.05, 4.69) is 11.8 Å². The van der Waals surface area contributed by atoms with Crippen molar-refractivity contribution in [2.45, 2.75) is 81.2 Å².